The summed E-state index contributed by atoms with van der Waals surface area (Å²) in [4.78, 5) is 16.9. The van der Waals surface area contributed by atoms with E-state index in [1.54, 1.807) is 6.08 Å². The smallest absolute Gasteiger partial charge is 0.363 e. The Labute approximate surface area is 210 Å². The monoisotopic (exact) mass is 477 g/mol. The number of fused-ring (bicyclic) bond motifs is 1. The molecular formula is C31H27NO4. The fourth-order valence-electron chi connectivity index (χ4n) is 3.99. The lowest BCUT2D eigenvalue weighted by atomic mass is 10.1. The maximum atomic E-state index is 12.5. The van der Waals surface area contributed by atoms with Crippen molar-refractivity contribution in [2.45, 2.75) is 26.4 Å². The zero-order valence-electron chi connectivity index (χ0n) is 20.1. The van der Waals surface area contributed by atoms with Gasteiger partial charge in [-0.2, -0.15) is 0 Å². The molecule has 0 N–H and O–H groups in total. The van der Waals surface area contributed by atoms with Gasteiger partial charge in [0.1, 0.15) is 18.1 Å². The summed E-state index contributed by atoms with van der Waals surface area (Å²) >= 11 is 0. The molecule has 0 bridgehead atoms. The van der Waals surface area contributed by atoms with E-state index in [1.165, 1.54) is 10.8 Å². The lowest BCUT2D eigenvalue weighted by molar-refractivity contribution is -0.129. The second kappa shape index (κ2) is 10.9. The third-order valence-electron chi connectivity index (χ3n) is 5.92. The van der Waals surface area contributed by atoms with Crippen LogP contribution in [0.1, 0.15) is 36.5 Å². The SMILES string of the molecule is CCCCOc1ccc(C2=N/C(=C/c3cccc(OCc4cccc5ccccc45)c3)C(=O)O2)cc1. The number of carbonyl (C=O) groups excluding carboxylic acids is 1. The van der Waals surface area contributed by atoms with Gasteiger partial charge >= 0.3 is 5.97 Å². The van der Waals surface area contributed by atoms with E-state index in [9.17, 15) is 4.79 Å². The molecule has 0 unspecified atom stereocenters. The molecule has 5 nitrogen and oxygen atoms in total. The first kappa shape index (κ1) is 23.4. The Bertz CT molecular complexity index is 1430. The first-order valence-electron chi connectivity index (χ1n) is 12.1. The van der Waals surface area contributed by atoms with E-state index in [-0.39, 0.29) is 11.6 Å². The van der Waals surface area contributed by atoms with Crippen LogP contribution < -0.4 is 9.47 Å². The average molecular weight is 478 g/mol. The molecule has 0 aliphatic carbocycles. The van der Waals surface area contributed by atoms with E-state index in [2.05, 4.69) is 36.2 Å². The summed E-state index contributed by atoms with van der Waals surface area (Å²) in [6.07, 6.45) is 3.80. The van der Waals surface area contributed by atoms with Gasteiger partial charge in [0.15, 0.2) is 5.70 Å². The predicted octanol–water partition coefficient (Wildman–Crippen LogP) is 6.94. The van der Waals surface area contributed by atoms with Crippen LogP contribution in [-0.2, 0) is 16.1 Å². The minimum absolute atomic E-state index is 0.250. The molecule has 1 aliphatic heterocycles. The second-order valence-corrected chi connectivity index (χ2v) is 8.56. The minimum atomic E-state index is -0.477. The van der Waals surface area contributed by atoms with Crippen LogP contribution in [-0.4, -0.2) is 18.5 Å². The lowest BCUT2D eigenvalue weighted by Gasteiger charge is -2.09. The number of cyclic esters (lactones) is 1. The van der Waals surface area contributed by atoms with Gasteiger partial charge in [0.25, 0.3) is 0 Å². The standard InChI is InChI=1S/C31H27NO4/c1-2-3-18-34-26-16-14-24(15-17-26)30-32-29(31(33)36-30)20-22-8-6-12-27(19-22)35-21-25-11-7-10-23-9-4-5-13-28(23)25/h4-17,19-20H,2-3,18,21H2,1H3/b29-20+. The molecule has 180 valence electrons. The molecule has 0 spiro atoms. The number of ether oxygens (including phenoxy) is 3. The molecule has 1 aliphatic rings. The zero-order chi connectivity index (χ0) is 24.7. The molecule has 0 atom stereocenters. The summed E-state index contributed by atoms with van der Waals surface area (Å²) < 4.78 is 17.2. The number of carbonyl (C=O) groups is 1. The summed E-state index contributed by atoms with van der Waals surface area (Å²) in [7, 11) is 0. The predicted molar refractivity (Wildman–Crippen MR) is 142 cm³/mol. The van der Waals surface area contributed by atoms with Crippen LogP contribution in [0.3, 0.4) is 0 Å². The zero-order valence-corrected chi connectivity index (χ0v) is 20.1. The van der Waals surface area contributed by atoms with Crippen molar-refractivity contribution in [1.29, 1.82) is 0 Å². The van der Waals surface area contributed by atoms with Crippen LogP contribution in [0.15, 0.2) is 102 Å². The van der Waals surface area contributed by atoms with Crippen molar-refractivity contribution < 1.29 is 19.0 Å². The minimum Gasteiger partial charge on any atom is -0.494 e. The van der Waals surface area contributed by atoms with Crippen LogP contribution in [0.2, 0.25) is 0 Å². The van der Waals surface area contributed by atoms with E-state index in [0.717, 1.165) is 35.3 Å². The van der Waals surface area contributed by atoms with Gasteiger partial charge in [-0.25, -0.2) is 9.79 Å². The third-order valence-corrected chi connectivity index (χ3v) is 5.92. The highest BCUT2D eigenvalue weighted by Gasteiger charge is 2.24. The number of esters is 1. The molecule has 0 saturated heterocycles. The van der Waals surface area contributed by atoms with Crippen molar-refractivity contribution in [1.82, 2.24) is 0 Å². The number of benzene rings is 4. The highest BCUT2D eigenvalue weighted by molar-refractivity contribution is 6.12. The van der Waals surface area contributed by atoms with E-state index >= 15 is 0 Å². The molecule has 4 aromatic rings. The Morgan fingerprint density at radius 3 is 2.53 bits per heavy atom. The van der Waals surface area contributed by atoms with Crippen LogP contribution >= 0.6 is 0 Å². The average Bonchev–Trinajstić information content (AvgIpc) is 3.28. The second-order valence-electron chi connectivity index (χ2n) is 8.56. The number of nitrogens with zero attached hydrogens (tertiary/aromatic N) is 1. The Kier molecular flexibility index (Phi) is 7.08. The fourth-order valence-corrected chi connectivity index (χ4v) is 3.99. The van der Waals surface area contributed by atoms with Crippen molar-refractivity contribution in [2.24, 2.45) is 4.99 Å². The van der Waals surface area contributed by atoms with Gasteiger partial charge in [-0.05, 0) is 70.8 Å². The van der Waals surface area contributed by atoms with Crippen LogP contribution in [0, 0.1) is 0 Å². The normalized spacial score (nSPS) is 14.1. The quantitative estimate of drug-likeness (QED) is 0.149. The highest BCUT2D eigenvalue weighted by atomic mass is 16.6. The highest BCUT2D eigenvalue weighted by Crippen LogP contribution is 2.24. The van der Waals surface area contributed by atoms with Gasteiger partial charge in [0, 0.05) is 5.56 Å². The van der Waals surface area contributed by atoms with Gasteiger partial charge in [-0.15, -0.1) is 0 Å². The van der Waals surface area contributed by atoms with E-state index < -0.39 is 5.97 Å². The Balaban J connectivity index is 1.28. The van der Waals surface area contributed by atoms with Crippen molar-refractivity contribution in [3.63, 3.8) is 0 Å². The molecule has 0 aromatic heterocycles. The van der Waals surface area contributed by atoms with Crippen LogP contribution in [0.4, 0.5) is 0 Å². The van der Waals surface area contributed by atoms with Crippen molar-refractivity contribution in [3.8, 4) is 11.5 Å². The largest absolute Gasteiger partial charge is 0.494 e. The van der Waals surface area contributed by atoms with E-state index in [1.807, 2.05) is 66.7 Å². The molecule has 0 amide bonds. The molecule has 0 fully saturated rings. The summed E-state index contributed by atoms with van der Waals surface area (Å²) in [5.74, 6) is 1.31. The fraction of sp³-hybridized carbons (Fsp3) is 0.161. The summed E-state index contributed by atoms with van der Waals surface area (Å²) in [6, 6.07) is 29.5. The number of unbranched alkanes of at least 4 members (excludes halogenated alkanes) is 1. The topological polar surface area (TPSA) is 57.1 Å². The maximum Gasteiger partial charge on any atom is 0.363 e. The van der Waals surface area contributed by atoms with Crippen LogP contribution in [0.5, 0.6) is 11.5 Å². The lowest BCUT2D eigenvalue weighted by Crippen LogP contribution is -2.05. The van der Waals surface area contributed by atoms with Crippen molar-refractivity contribution >= 4 is 28.7 Å². The van der Waals surface area contributed by atoms with Crippen molar-refractivity contribution in [2.75, 3.05) is 6.61 Å². The summed E-state index contributed by atoms with van der Waals surface area (Å²) in [5.41, 5.74) is 2.90. The number of hydrogen-bond donors (Lipinski definition) is 0. The Morgan fingerprint density at radius 2 is 1.67 bits per heavy atom. The summed E-state index contributed by atoms with van der Waals surface area (Å²) in [6.45, 7) is 3.26. The Morgan fingerprint density at radius 1 is 0.861 bits per heavy atom. The molecule has 1 heterocycles. The van der Waals surface area contributed by atoms with E-state index in [0.29, 0.717) is 19.0 Å². The number of rotatable bonds is 9. The molecule has 0 saturated carbocycles. The first-order valence-corrected chi connectivity index (χ1v) is 12.1. The van der Waals surface area contributed by atoms with Gasteiger partial charge in [0.2, 0.25) is 5.90 Å². The van der Waals surface area contributed by atoms with Gasteiger partial charge in [-0.1, -0.05) is 67.9 Å². The molecule has 36 heavy (non-hydrogen) atoms. The third kappa shape index (κ3) is 5.47. The van der Waals surface area contributed by atoms with Gasteiger partial charge in [-0.3, -0.25) is 0 Å². The molecular weight excluding hydrogens is 450 g/mol. The number of hydrogen-bond acceptors (Lipinski definition) is 5. The van der Waals surface area contributed by atoms with Gasteiger partial charge < -0.3 is 14.2 Å². The number of aliphatic imine (C=N–C) groups is 1. The first-order chi connectivity index (χ1) is 17.7. The Hall–Kier alpha value is -4.38. The summed E-state index contributed by atoms with van der Waals surface area (Å²) in [5, 5.41) is 2.36. The maximum absolute atomic E-state index is 12.5. The van der Waals surface area contributed by atoms with Gasteiger partial charge in [0.05, 0.1) is 6.61 Å². The van der Waals surface area contributed by atoms with Crippen LogP contribution in [0.25, 0.3) is 16.8 Å². The van der Waals surface area contributed by atoms with Crippen molar-refractivity contribution in [3.05, 3.63) is 113 Å². The molecule has 5 heteroatoms. The molecule has 5 rings (SSSR count). The molecule has 4 aromatic carbocycles. The molecule has 0 radical (unpaired) electrons. The van der Waals surface area contributed by atoms with E-state index in [4.69, 9.17) is 14.2 Å².